The van der Waals surface area contributed by atoms with Gasteiger partial charge in [0.25, 0.3) is 0 Å². The van der Waals surface area contributed by atoms with Gasteiger partial charge in [0.2, 0.25) is 0 Å². The molecule has 0 spiro atoms. The van der Waals surface area contributed by atoms with Crippen molar-refractivity contribution in [3.05, 3.63) is 0 Å². The van der Waals surface area contributed by atoms with E-state index in [2.05, 4.69) is 19.2 Å². The standard InChI is InChI=1S/C12H26N2/c1-10(2)8-14-9-12-5-3-11(7-13)4-6-12/h10-12,14H,3-9,13H2,1-2H3. The van der Waals surface area contributed by atoms with Crippen LogP contribution < -0.4 is 11.1 Å². The third-order valence-corrected chi connectivity index (χ3v) is 3.29. The van der Waals surface area contributed by atoms with Crippen LogP contribution in [-0.2, 0) is 0 Å². The topological polar surface area (TPSA) is 38.0 Å². The minimum absolute atomic E-state index is 0.774. The highest BCUT2D eigenvalue weighted by molar-refractivity contribution is 4.74. The molecule has 1 rings (SSSR count). The Bertz CT molecular complexity index is 137. The molecule has 0 unspecified atom stereocenters. The lowest BCUT2D eigenvalue weighted by atomic mass is 9.82. The Kier molecular flexibility index (Phi) is 5.49. The molecule has 0 saturated heterocycles. The van der Waals surface area contributed by atoms with Gasteiger partial charge in [-0.25, -0.2) is 0 Å². The number of rotatable bonds is 5. The number of nitrogens with one attached hydrogen (secondary N) is 1. The van der Waals surface area contributed by atoms with Crippen LogP contribution in [0.5, 0.6) is 0 Å². The van der Waals surface area contributed by atoms with Gasteiger partial charge in [-0.3, -0.25) is 0 Å². The van der Waals surface area contributed by atoms with Gasteiger partial charge < -0.3 is 11.1 Å². The Balaban J connectivity index is 2.04. The van der Waals surface area contributed by atoms with Crippen LogP contribution in [0.1, 0.15) is 39.5 Å². The van der Waals surface area contributed by atoms with Crippen LogP contribution in [0.4, 0.5) is 0 Å². The zero-order valence-electron chi connectivity index (χ0n) is 9.76. The fourth-order valence-electron chi connectivity index (χ4n) is 2.25. The van der Waals surface area contributed by atoms with Crippen molar-refractivity contribution in [2.75, 3.05) is 19.6 Å². The molecule has 3 N–H and O–H groups in total. The van der Waals surface area contributed by atoms with E-state index in [9.17, 15) is 0 Å². The molecule has 1 aliphatic carbocycles. The van der Waals surface area contributed by atoms with Crippen LogP contribution in [0.15, 0.2) is 0 Å². The summed E-state index contributed by atoms with van der Waals surface area (Å²) in [6.45, 7) is 7.80. The summed E-state index contributed by atoms with van der Waals surface area (Å²) in [5.74, 6) is 2.50. The molecular weight excluding hydrogens is 172 g/mol. The first-order valence-corrected chi connectivity index (χ1v) is 6.13. The third-order valence-electron chi connectivity index (χ3n) is 3.29. The number of nitrogens with two attached hydrogens (primary N) is 1. The highest BCUT2D eigenvalue weighted by atomic mass is 14.9. The lowest BCUT2D eigenvalue weighted by Gasteiger charge is -2.28. The molecule has 2 heteroatoms. The summed E-state index contributed by atoms with van der Waals surface area (Å²) in [6.07, 6.45) is 5.47. The summed E-state index contributed by atoms with van der Waals surface area (Å²) in [4.78, 5) is 0. The van der Waals surface area contributed by atoms with Gasteiger partial charge in [0.1, 0.15) is 0 Å². The maximum atomic E-state index is 5.67. The Morgan fingerprint density at radius 3 is 2.21 bits per heavy atom. The normalized spacial score (nSPS) is 28.3. The van der Waals surface area contributed by atoms with Crippen molar-refractivity contribution < 1.29 is 0 Å². The minimum Gasteiger partial charge on any atom is -0.330 e. The minimum atomic E-state index is 0.774. The predicted molar refractivity (Wildman–Crippen MR) is 62.2 cm³/mol. The van der Waals surface area contributed by atoms with E-state index >= 15 is 0 Å². The lowest BCUT2D eigenvalue weighted by Crippen LogP contribution is -2.30. The van der Waals surface area contributed by atoms with E-state index in [1.165, 1.54) is 32.2 Å². The average Bonchev–Trinajstić information content (AvgIpc) is 2.18. The Hall–Kier alpha value is -0.0800. The van der Waals surface area contributed by atoms with Gasteiger partial charge >= 0.3 is 0 Å². The zero-order valence-corrected chi connectivity index (χ0v) is 9.76. The smallest absolute Gasteiger partial charge is 0.00204 e. The fraction of sp³-hybridized carbons (Fsp3) is 1.00. The molecule has 0 heterocycles. The van der Waals surface area contributed by atoms with E-state index in [1.54, 1.807) is 0 Å². The molecule has 0 aromatic heterocycles. The number of hydrogen-bond donors (Lipinski definition) is 2. The highest BCUT2D eigenvalue weighted by Gasteiger charge is 2.19. The van der Waals surface area contributed by atoms with Gasteiger partial charge in [0.05, 0.1) is 0 Å². The lowest BCUT2D eigenvalue weighted by molar-refractivity contribution is 0.270. The van der Waals surface area contributed by atoms with E-state index in [4.69, 9.17) is 5.73 Å². The molecular formula is C12H26N2. The first-order chi connectivity index (χ1) is 6.72. The third kappa shape index (κ3) is 4.43. The van der Waals surface area contributed by atoms with Crippen molar-refractivity contribution in [2.24, 2.45) is 23.5 Å². The molecule has 0 aromatic carbocycles. The molecule has 2 nitrogen and oxygen atoms in total. The summed E-state index contributed by atoms with van der Waals surface area (Å²) in [6, 6.07) is 0. The largest absolute Gasteiger partial charge is 0.330 e. The summed E-state index contributed by atoms with van der Waals surface area (Å²) < 4.78 is 0. The maximum absolute atomic E-state index is 5.67. The van der Waals surface area contributed by atoms with Gasteiger partial charge in [-0.1, -0.05) is 13.8 Å². The quantitative estimate of drug-likeness (QED) is 0.709. The van der Waals surface area contributed by atoms with Gasteiger partial charge in [-0.2, -0.15) is 0 Å². The van der Waals surface area contributed by atoms with Crippen LogP contribution in [0, 0.1) is 17.8 Å². The van der Waals surface area contributed by atoms with E-state index in [1.807, 2.05) is 0 Å². The van der Waals surface area contributed by atoms with Crippen molar-refractivity contribution in [3.8, 4) is 0 Å². The van der Waals surface area contributed by atoms with Crippen molar-refractivity contribution in [3.63, 3.8) is 0 Å². The highest BCUT2D eigenvalue weighted by Crippen LogP contribution is 2.27. The maximum Gasteiger partial charge on any atom is -0.00204 e. The molecule has 0 atom stereocenters. The Morgan fingerprint density at radius 1 is 1.14 bits per heavy atom. The first-order valence-electron chi connectivity index (χ1n) is 6.13. The van der Waals surface area contributed by atoms with Crippen molar-refractivity contribution in [1.29, 1.82) is 0 Å². The predicted octanol–water partition coefficient (Wildman–Crippen LogP) is 2.00. The van der Waals surface area contributed by atoms with Crippen molar-refractivity contribution in [2.45, 2.75) is 39.5 Å². The monoisotopic (exact) mass is 198 g/mol. The average molecular weight is 198 g/mol. The van der Waals surface area contributed by atoms with Crippen molar-refractivity contribution in [1.82, 2.24) is 5.32 Å². The van der Waals surface area contributed by atoms with E-state index < -0.39 is 0 Å². The van der Waals surface area contributed by atoms with Crippen LogP contribution in [0.2, 0.25) is 0 Å². The zero-order chi connectivity index (χ0) is 10.4. The molecule has 1 saturated carbocycles. The van der Waals surface area contributed by atoms with E-state index in [-0.39, 0.29) is 0 Å². The second-order valence-corrected chi connectivity index (χ2v) is 5.17. The van der Waals surface area contributed by atoms with Crippen LogP contribution in [-0.4, -0.2) is 19.6 Å². The second kappa shape index (κ2) is 6.41. The summed E-state index contributed by atoms with van der Waals surface area (Å²) in [5.41, 5.74) is 5.67. The van der Waals surface area contributed by atoms with E-state index in [0.29, 0.717) is 0 Å². The summed E-state index contributed by atoms with van der Waals surface area (Å²) in [5, 5.41) is 3.56. The summed E-state index contributed by atoms with van der Waals surface area (Å²) in [7, 11) is 0. The molecule has 0 radical (unpaired) electrons. The Morgan fingerprint density at radius 2 is 1.71 bits per heavy atom. The second-order valence-electron chi connectivity index (χ2n) is 5.17. The molecule has 0 aromatic rings. The molecule has 1 fully saturated rings. The Labute approximate surface area is 88.6 Å². The number of hydrogen-bond acceptors (Lipinski definition) is 2. The first kappa shape index (κ1) is 12.0. The van der Waals surface area contributed by atoms with Gasteiger partial charge in [-0.05, 0) is 63.1 Å². The molecule has 0 aliphatic heterocycles. The van der Waals surface area contributed by atoms with Crippen LogP contribution in [0.25, 0.3) is 0 Å². The molecule has 1 aliphatic rings. The van der Waals surface area contributed by atoms with Gasteiger partial charge in [0, 0.05) is 0 Å². The van der Waals surface area contributed by atoms with Gasteiger partial charge in [0.15, 0.2) is 0 Å². The van der Waals surface area contributed by atoms with Crippen LogP contribution in [0.3, 0.4) is 0 Å². The van der Waals surface area contributed by atoms with Gasteiger partial charge in [-0.15, -0.1) is 0 Å². The summed E-state index contributed by atoms with van der Waals surface area (Å²) >= 11 is 0. The van der Waals surface area contributed by atoms with E-state index in [0.717, 1.165) is 30.8 Å². The molecule has 0 amide bonds. The SMILES string of the molecule is CC(C)CNCC1CCC(CN)CC1. The molecule has 14 heavy (non-hydrogen) atoms. The van der Waals surface area contributed by atoms with Crippen LogP contribution >= 0.6 is 0 Å². The molecule has 0 bridgehead atoms. The van der Waals surface area contributed by atoms with Crippen molar-refractivity contribution >= 4 is 0 Å². The molecule has 84 valence electrons. The fourth-order valence-corrected chi connectivity index (χ4v) is 2.25.